The first-order valence-electron chi connectivity index (χ1n) is 7.33. The summed E-state index contributed by atoms with van der Waals surface area (Å²) in [6.07, 6.45) is 1.58. The molecule has 0 fully saturated rings. The largest absolute Gasteiger partial charge is 0.382 e. The molecule has 0 radical (unpaired) electrons. The Morgan fingerprint density at radius 1 is 1.00 bits per heavy atom. The molecule has 0 saturated carbocycles. The van der Waals surface area contributed by atoms with Gasteiger partial charge in [-0.25, -0.2) is 8.42 Å². The maximum atomic E-state index is 12.8. The van der Waals surface area contributed by atoms with E-state index in [4.69, 9.17) is 0 Å². The average Bonchev–Trinajstić information content (AvgIpc) is 2.54. The monoisotopic (exact) mass is 339 g/mol. The second-order valence-electron chi connectivity index (χ2n) is 5.37. The van der Waals surface area contributed by atoms with E-state index in [2.05, 4.69) is 5.32 Å². The molecule has 0 heterocycles. The first-order chi connectivity index (χ1) is 10.9. The van der Waals surface area contributed by atoms with Crippen molar-refractivity contribution in [3.63, 3.8) is 0 Å². The topological polar surface area (TPSA) is 46.2 Å². The molecule has 2 rings (SSSR count). The van der Waals surface area contributed by atoms with Crippen molar-refractivity contribution < 1.29 is 17.2 Å². The van der Waals surface area contributed by atoms with Crippen LogP contribution in [0.5, 0.6) is 0 Å². The number of alkyl halides is 2. The summed E-state index contributed by atoms with van der Waals surface area (Å²) >= 11 is 0. The lowest BCUT2D eigenvalue weighted by Crippen LogP contribution is -2.20. The van der Waals surface area contributed by atoms with Crippen molar-refractivity contribution in [2.75, 3.05) is 5.32 Å². The van der Waals surface area contributed by atoms with Crippen LogP contribution in [0.3, 0.4) is 0 Å². The Bertz CT molecular complexity index is 733. The SMILES string of the molecule is CC(CCc1ccccc1)Nc1ccccc1S(=O)(=O)C(F)F. The fourth-order valence-corrected chi connectivity index (χ4v) is 3.19. The highest BCUT2D eigenvalue weighted by Crippen LogP contribution is 2.27. The van der Waals surface area contributed by atoms with Crippen molar-refractivity contribution in [1.29, 1.82) is 0 Å². The number of aryl methyl sites for hydroxylation is 1. The Hall–Kier alpha value is -1.95. The highest BCUT2D eigenvalue weighted by atomic mass is 32.2. The third kappa shape index (κ3) is 4.51. The fourth-order valence-electron chi connectivity index (χ4n) is 2.30. The minimum absolute atomic E-state index is 0.0516. The third-order valence-corrected chi connectivity index (χ3v) is 4.98. The van der Waals surface area contributed by atoms with E-state index in [0.29, 0.717) is 0 Å². The summed E-state index contributed by atoms with van der Waals surface area (Å²) in [7, 11) is -4.62. The van der Waals surface area contributed by atoms with Gasteiger partial charge < -0.3 is 5.32 Å². The van der Waals surface area contributed by atoms with Gasteiger partial charge in [0.2, 0.25) is 9.84 Å². The number of para-hydroxylation sites is 1. The number of sulfone groups is 1. The van der Waals surface area contributed by atoms with Gasteiger partial charge in [0.1, 0.15) is 0 Å². The highest BCUT2D eigenvalue weighted by molar-refractivity contribution is 7.91. The molecular formula is C17H19F2NO2S. The molecule has 1 N–H and O–H groups in total. The number of anilines is 1. The lowest BCUT2D eigenvalue weighted by molar-refractivity contribution is 0.235. The standard InChI is InChI=1S/C17H19F2NO2S/c1-13(11-12-14-7-3-2-4-8-14)20-15-9-5-6-10-16(15)23(21,22)17(18)19/h2-10,13,17,20H,11-12H2,1H3. The Morgan fingerprint density at radius 3 is 2.26 bits per heavy atom. The van der Waals surface area contributed by atoms with Crippen LogP contribution in [0.25, 0.3) is 0 Å². The molecule has 0 aliphatic carbocycles. The summed E-state index contributed by atoms with van der Waals surface area (Å²) in [5, 5.41) is 3.03. The molecule has 23 heavy (non-hydrogen) atoms. The van der Waals surface area contributed by atoms with Gasteiger partial charge in [0.15, 0.2) is 0 Å². The Balaban J connectivity index is 2.08. The zero-order chi connectivity index (χ0) is 16.9. The summed E-state index contributed by atoms with van der Waals surface area (Å²) in [6, 6.07) is 15.6. The molecule has 0 aromatic heterocycles. The molecule has 2 aromatic carbocycles. The number of nitrogens with one attached hydrogen (secondary N) is 1. The fraction of sp³-hybridized carbons (Fsp3) is 0.294. The molecule has 0 aliphatic rings. The average molecular weight is 339 g/mol. The lowest BCUT2D eigenvalue weighted by Gasteiger charge is -2.18. The number of halogens is 2. The second-order valence-corrected chi connectivity index (χ2v) is 7.26. The van der Waals surface area contributed by atoms with E-state index in [1.54, 1.807) is 6.07 Å². The first-order valence-corrected chi connectivity index (χ1v) is 8.87. The van der Waals surface area contributed by atoms with Gasteiger partial charge in [-0.05, 0) is 37.5 Å². The molecule has 0 aliphatic heterocycles. The van der Waals surface area contributed by atoms with Gasteiger partial charge in [-0.1, -0.05) is 42.5 Å². The van der Waals surface area contributed by atoms with Crippen LogP contribution < -0.4 is 5.32 Å². The Kier molecular flexibility index (Phi) is 5.71. The smallest absolute Gasteiger partial charge is 0.341 e. The van der Waals surface area contributed by atoms with E-state index < -0.39 is 15.6 Å². The summed E-state index contributed by atoms with van der Waals surface area (Å²) < 4.78 is 49.0. The van der Waals surface area contributed by atoms with Gasteiger partial charge in [0.25, 0.3) is 0 Å². The normalized spacial score (nSPS) is 13.0. The molecule has 1 unspecified atom stereocenters. The van der Waals surface area contributed by atoms with Crippen LogP contribution in [0.15, 0.2) is 59.5 Å². The van der Waals surface area contributed by atoms with Gasteiger partial charge in [-0.15, -0.1) is 0 Å². The van der Waals surface area contributed by atoms with E-state index in [0.717, 1.165) is 12.8 Å². The quantitative estimate of drug-likeness (QED) is 0.825. The van der Waals surface area contributed by atoms with Gasteiger partial charge in [0, 0.05) is 6.04 Å². The van der Waals surface area contributed by atoms with Gasteiger partial charge in [0.05, 0.1) is 10.6 Å². The molecule has 0 saturated heterocycles. The maximum Gasteiger partial charge on any atom is 0.341 e. The molecule has 124 valence electrons. The van der Waals surface area contributed by atoms with Crippen LogP contribution >= 0.6 is 0 Å². The van der Waals surface area contributed by atoms with Crippen molar-refractivity contribution in [2.24, 2.45) is 0 Å². The van der Waals surface area contributed by atoms with Crippen molar-refractivity contribution >= 4 is 15.5 Å². The minimum Gasteiger partial charge on any atom is -0.382 e. The minimum atomic E-state index is -4.62. The third-order valence-electron chi connectivity index (χ3n) is 3.54. The molecule has 3 nitrogen and oxygen atoms in total. The Labute approximate surface area is 135 Å². The summed E-state index contributed by atoms with van der Waals surface area (Å²) in [4.78, 5) is -0.360. The van der Waals surface area contributed by atoms with E-state index in [1.807, 2.05) is 37.3 Å². The van der Waals surface area contributed by atoms with Crippen LogP contribution in [0, 0.1) is 0 Å². The van der Waals surface area contributed by atoms with E-state index in [9.17, 15) is 17.2 Å². The van der Waals surface area contributed by atoms with E-state index in [1.165, 1.54) is 23.8 Å². The first kappa shape index (κ1) is 17.4. The molecule has 2 aromatic rings. The van der Waals surface area contributed by atoms with Gasteiger partial charge in [-0.2, -0.15) is 8.78 Å². The zero-order valence-electron chi connectivity index (χ0n) is 12.7. The number of benzene rings is 2. The zero-order valence-corrected chi connectivity index (χ0v) is 13.6. The highest BCUT2D eigenvalue weighted by Gasteiger charge is 2.29. The molecule has 1 atom stereocenters. The van der Waals surface area contributed by atoms with Crippen LogP contribution in [0.4, 0.5) is 14.5 Å². The molecule has 0 spiro atoms. The van der Waals surface area contributed by atoms with Crippen molar-refractivity contribution in [3.05, 3.63) is 60.2 Å². The predicted molar refractivity (Wildman–Crippen MR) is 87.5 cm³/mol. The summed E-state index contributed by atoms with van der Waals surface area (Å²) in [5.74, 6) is -3.43. The molecule has 0 amide bonds. The summed E-state index contributed by atoms with van der Waals surface area (Å²) in [6.45, 7) is 1.90. The van der Waals surface area contributed by atoms with E-state index in [-0.39, 0.29) is 16.6 Å². The Morgan fingerprint density at radius 2 is 1.61 bits per heavy atom. The van der Waals surface area contributed by atoms with Crippen LogP contribution in [-0.2, 0) is 16.3 Å². The maximum absolute atomic E-state index is 12.8. The van der Waals surface area contributed by atoms with Crippen LogP contribution in [0.1, 0.15) is 18.9 Å². The lowest BCUT2D eigenvalue weighted by atomic mass is 10.1. The van der Waals surface area contributed by atoms with Crippen LogP contribution in [0.2, 0.25) is 0 Å². The van der Waals surface area contributed by atoms with Gasteiger partial charge >= 0.3 is 5.76 Å². The number of hydrogen-bond acceptors (Lipinski definition) is 3. The second kappa shape index (κ2) is 7.55. The van der Waals surface area contributed by atoms with Crippen molar-refractivity contribution in [2.45, 2.75) is 36.5 Å². The molecular weight excluding hydrogens is 320 g/mol. The van der Waals surface area contributed by atoms with Crippen LogP contribution in [-0.4, -0.2) is 20.2 Å². The molecule has 0 bridgehead atoms. The van der Waals surface area contributed by atoms with E-state index >= 15 is 0 Å². The van der Waals surface area contributed by atoms with Crippen molar-refractivity contribution in [1.82, 2.24) is 0 Å². The van der Waals surface area contributed by atoms with Gasteiger partial charge in [-0.3, -0.25) is 0 Å². The number of hydrogen-bond donors (Lipinski definition) is 1. The number of rotatable bonds is 7. The predicted octanol–water partition coefficient (Wildman–Crippen LogP) is 4.12. The van der Waals surface area contributed by atoms with Crippen molar-refractivity contribution in [3.8, 4) is 0 Å². The molecule has 6 heteroatoms. The summed E-state index contributed by atoms with van der Waals surface area (Å²) in [5.41, 5.74) is 1.39.